The fourth-order valence-electron chi connectivity index (χ4n) is 8.01. The number of fused-ring (bicyclic) bond motifs is 2. The average molecular weight is 760 g/mol. The van der Waals surface area contributed by atoms with Crippen molar-refractivity contribution in [2.45, 2.75) is 84.5 Å². The molecule has 294 valence electrons. The molecule has 0 radical (unpaired) electrons. The maximum atomic E-state index is 13.9. The minimum atomic E-state index is -0.675. The Kier molecular flexibility index (Phi) is 11.3. The quantitative estimate of drug-likeness (QED) is 0.115. The summed E-state index contributed by atoms with van der Waals surface area (Å²) in [5, 5.41) is 4.99. The van der Waals surface area contributed by atoms with E-state index in [1.165, 1.54) is 7.11 Å². The molecule has 3 N–H and O–H groups in total. The number of likely N-dealkylation sites (tertiary alicyclic amines) is 1. The second kappa shape index (κ2) is 16.3. The molecular weight excluding hydrogens is 707 g/mol. The number of ether oxygens (including phenoxy) is 2. The van der Waals surface area contributed by atoms with Crippen LogP contribution in [-0.4, -0.2) is 87.1 Å². The first-order valence-electron chi connectivity index (χ1n) is 19.7. The Balaban J connectivity index is 1.10. The number of imidazole rings is 2. The van der Waals surface area contributed by atoms with E-state index in [0.717, 1.165) is 87.1 Å². The third kappa shape index (κ3) is 7.67. The third-order valence-corrected chi connectivity index (χ3v) is 11.8. The van der Waals surface area contributed by atoms with Crippen LogP contribution in [0.1, 0.15) is 84.0 Å². The number of methoxy groups -OCH3 is 2. The molecule has 1 fully saturated rings. The van der Waals surface area contributed by atoms with E-state index in [9.17, 15) is 14.4 Å². The van der Waals surface area contributed by atoms with Crippen molar-refractivity contribution in [2.24, 2.45) is 11.8 Å². The van der Waals surface area contributed by atoms with Gasteiger partial charge in [0.2, 0.25) is 11.8 Å². The van der Waals surface area contributed by atoms with E-state index in [0.29, 0.717) is 13.1 Å². The highest BCUT2D eigenvalue weighted by atomic mass is 16.5. The lowest BCUT2D eigenvalue weighted by Gasteiger charge is -2.38. The Labute approximate surface area is 328 Å². The molecule has 3 amide bonds. The normalized spacial score (nSPS) is 19.4. The molecule has 6 atom stereocenters. The van der Waals surface area contributed by atoms with Crippen LogP contribution in [0.3, 0.4) is 0 Å². The lowest BCUT2D eigenvalue weighted by Crippen LogP contribution is -2.53. The molecule has 0 saturated carbocycles. The second-order valence-corrected chi connectivity index (χ2v) is 15.5. The summed E-state index contributed by atoms with van der Waals surface area (Å²) in [5.74, 6) is 1.12. The van der Waals surface area contributed by atoms with E-state index >= 15 is 0 Å². The van der Waals surface area contributed by atoms with Gasteiger partial charge in [-0.1, -0.05) is 69.2 Å². The number of rotatable bonds is 11. The number of carbonyl (C=O) groups is 3. The first-order valence-corrected chi connectivity index (χ1v) is 19.7. The molecule has 0 unspecified atom stereocenters. The Morgan fingerprint density at radius 1 is 0.893 bits per heavy atom. The molecule has 0 aliphatic carbocycles. The summed E-state index contributed by atoms with van der Waals surface area (Å²) in [6.07, 6.45) is 6.58. The number of alkyl carbamates (subject to hydrolysis) is 1. The first-order chi connectivity index (χ1) is 27.0. The monoisotopic (exact) mass is 759 g/mol. The van der Waals surface area contributed by atoms with Gasteiger partial charge in [-0.15, -0.1) is 0 Å². The van der Waals surface area contributed by atoms with Crippen LogP contribution in [-0.2, 0) is 19.1 Å². The number of H-pyrrole nitrogens is 2. The summed E-state index contributed by atoms with van der Waals surface area (Å²) in [6.45, 7) is 11.0. The number of aromatic amines is 2. The Morgan fingerprint density at radius 2 is 1.61 bits per heavy atom. The maximum Gasteiger partial charge on any atom is 0.407 e. The molecule has 4 heterocycles. The van der Waals surface area contributed by atoms with Gasteiger partial charge < -0.3 is 34.6 Å². The molecule has 1 saturated heterocycles. The predicted molar refractivity (Wildman–Crippen MR) is 218 cm³/mol. The highest BCUT2D eigenvalue weighted by Crippen LogP contribution is 2.35. The zero-order valence-corrected chi connectivity index (χ0v) is 33.4. The van der Waals surface area contributed by atoms with Crippen molar-refractivity contribution in [3.8, 4) is 22.4 Å². The van der Waals surface area contributed by atoms with Crippen LogP contribution in [0.2, 0.25) is 0 Å². The van der Waals surface area contributed by atoms with Gasteiger partial charge in [0.05, 0.1) is 48.1 Å². The van der Waals surface area contributed by atoms with Gasteiger partial charge >= 0.3 is 6.09 Å². The summed E-state index contributed by atoms with van der Waals surface area (Å²) in [4.78, 5) is 60.0. The average Bonchev–Trinajstić information content (AvgIpc) is 3.99. The predicted octanol–water partition coefficient (Wildman–Crippen LogP) is 8.10. The van der Waals surface area contributed by atoms with Crippen molar-refractivity contribution in [3.05, 3.63) is 84.1 Å². The van der Waals surface area contributed by atoms with E-state index in [1.807, 2.05) is 56.7 Å². The van der Waals surface area contributed by atoms with Crippen molar-refractivity contribution >= 4 is 39.7 Å². The Bertz CT molecular complexity index is 2280. The summed E-state index contributed by atoms with van der Waals surface area (Å²) in [7, 11) is 2.95. The number of benzene rings is 3. The van der Waals surface area contributed by atoms with Gasteiger partial charge in [0.25, 0.3) is 0 Å². The minimum Gasteiger partial charge on any atom is -0.453 e. The standard InChI is InChI=1S/C44H53N7O5/c1-8-26(3)39(49-44(54)56-7)43(53)50-18-10-9-11-37(50)41-46-34-17-16-32(22-35(34)47-41)30-12-13-31-21-33(15-14-29(31)20-30)36-23-45-40(48-36)38-19-25(2)24-51(38)42(52)27(4)28(5)55-6/h12-17,19-23,26-28,37-39H,8-11,18,24H2,1-7H3,(H,45,48)(H,46,47)(H,49,54)/t26-,27-,28+,37-,38-,39-/m0/s1. The molecule has 7 rings (SSSR count). The summed E-state index contributed by atoms with van der Waals surface area (Å²) >= 11 is 0. The van der Waals surface area contributed by atoms with Crippen molar-refractivity contribution in [1.82, 2.24) is 35.1 Å². The summed E-state index contributed by atoms with van der Waals surface area (Å²) < 4.78 is 10.3. The number of hydrogen-bond acceptors (Lipinski definition) is 7. The fourth-order valence-corrected chi connectivity index (χ4v) is 8.01. The number of aromatic nitrogens is 4. The molecule has 12 heteroatoms. The van der Waals surface area contributed by atoms with Crippen LogP contribution in [0.5, 0.6) is 0 Å². The van der Waals surface area contributed by atoms with E-state index < -0.39 is 12.1 Å². The van der Waals surface area contributed by atoms with Gasteiger partial charge in [-0.05, 0) is 85.2 Å². The smallest absolute Gasteiger partial charge is 0.407 e. The van der Waals surface area contributed by atoms with Crippen molar-refractivity contribution < 1.29 is 23.9 Å². The third-order valence-electron chi connectivity index (χ3n) is 11.8. The number of amides is 3. The van der Waals surface area contributed by atoms with E-state index in [4.69, 9.17) is 19.4 Å². The lowest BCUT2D eigenvalue weighted by molar-refractivity contribution is -0.140. The topological polar surface area (TPSA) is 146 Å². The number of nitrogens with one attached hydrogen (secondary N) is 3. The van der Waals surface area contributed by atoms with Crippen LogP contribution >= 0.6 is 0 Å². The fraction of sp³-hybridized carbons (Fsp3) is 0.432. The SMILES string of the molecule is CC[C@H](C)[C@H](NC(=O)OC)C(=O)N1CCCC[C@H]1c1nc2ccc(-c3ccc4cc(-c5cnc([C@@H]6C=C(C)CN6C(=O)[C@@H](C)[C@@H](C)OC)[nH]5)ccc4c3)cc2[nH]1. The Hall–Kier alpha value is -5.49. The highest BCUT2D eigenvalue weighted by molar-refractivity contribution is 5.92. The van der Waals surface area contributed by atoms with E-state index in [1.54, 1.807) is 7.11 Å². The number of piperidine rings is 1. The van der Waals surface area contributed by atoms with Crippen LogP contribution in [0.15, 0.2) is 72.4 Å². The number of hydrogen-bond donors (Lipinski definition) is 3. The van der Waals surface area contributed by atoms with Crippen molar-refractivity contribution in [1.29, 1.82) is 0 Å². The first kappa shape index (κ1) is 38.8. The van der Waals surface area contributed by atoms with Gasteiger partial charge in [0.15, 0.2) is 0 Å². The molecular formula is C44H53N7O5. The molecule has 0 bridgehead atoms. The van der Waals surface area contributed by atoms with Crippen LogP contribution in [0, 0.1) is 11.8 Å². The molecule has 0 spiro atoms. The molecule has 2 aliphatic heterocycles. The minimum absolute atomic E-state index is 0.0495. The van der Waals surface area contributed by atoms with Crippen LogP contribution in [0.4, 0.5) is 4.79 Å². The lowest BCUT2D eigenvalue weighted by atomic mass is 9.94. The molecule has 5 aromatic rings. The molecule has 12 nitrogen and oxygen atoms in total. The van der Waals surface area contributed by atoms with Gasteiger partial charge in [0, 0.05) is 25.8 Å². The molecule has 2 aromatic heterocycles. The highest BCUT2D eigenvalue weighted by Gasteiger charge is 2.37. The van der Waals surface area contributed by atoms with E-state index in [2.05, 4.69) is 69.9 Å². The second-order valence-electron chi connectivity index (χ2n) is 15.5. The van der Waals surface area contributed by atoms with Crippen LogP contribution in [0.25, 0.3) is 44.2 Å². The molecule has 2 aliphatic rings. The van der Waals surface area contributed by atoms with Crippen LogP contribution < -0.4 is 5.32 Å². The van der Waals surface area contributed by atoms with E-state index in [-0.39, 0.29) is 41.8 Å². The summed E-state index contributed by atoms with van der Waals surface area (Å²) in [6, 6.07) is 17.9. The van der Waals surface area contributed by atoms with Crippen molar-refractivity contribution in [2.75, 3.05) is 27.3 Å². The number of carbonyl (C=O) groups excluding carboxylic acids is 3. The largest absolute Gasteiger partial charge is 0.453 e. The zero-order chi connectivity index (χ0) is 39.7. The molecule has 56 heavy (non-hydrogen) atoms. The zero-order valence-electron chi connectivity index (χ0n) is 33.4. The van der Waals surface area contributed by atoms with Crippen molar-refractivity contribution in [3.63, 3.8) is 0 Å². The summed E-state index contributed by atoms with van der Waals surface area (Å²) in [5.41, 5.74) is 6.92. The number of nitrogens with zero attached hydrogens (tertiary/aromatic N) is 4. The Morgan fingerprint density at radius 3 is 2.34 bits per heavy atom. The maximum absolute atomic E-state index is 13.9. The van der Waals surface area contributed by atoms with Gasteiger partial charge in [-0.2, -0.15) is 0 Å². The van der Waals surface area contributed by atoms with Gasteiger partial charge in [-0.3, -0.25) is 9.59 Å². The van der Waals surface area contributed by atoms with Gasteiger partial charge in [0.1, 0.15) is 23.7 Å². The molecule has 3 aromatic carbocycles. The van der Waals surface area contributed by atoms with Gasteiger partial charge in [-0.25, -0.2) is 14.8 Å².